The molecular weight excluding hydrogens is 232 g/mol. The second-order valence-electron chi connectivity index (χ2n) is 3.27. The van der Waals surface area contributed by atoms with Crippen LogP contribution >= 0.6 is 15.9 Å². The lowest BCUT2D eigenvalue weighted by atomic mass is 9.97. The van der Waals surface area contributed by atoms with Crippen molar-refractivity contribution in [3.05, 3.63) is 34.3 Å². The maximum absolute atomic E-state index is 9.59. The van der Waals surface area contributed by atoms with E-state index in [1.165, 1.54) is 0 Å². The third kappa shape index (κ3) is 1.93. The SMILES string of the molecule is O[C@@H]1COC[C@H]1c1cccc(Br)c1. The zero-order chi connectivity index (χ0) is 9.26. The molecule has 0 aliphatic carbocycles. The standard InChI is InChI=1S/C10H11BrO2/c11-8-3-1-2-7(4-8)9-5-13-6-10(9)12/h1-4,9-10,12H,5-6H2/t9-,10+/m0/s1. The Kier molecular flexibility index (Phi) is 2.67. The van der Waals surface area contributed by atoms with Crippen molar-refractivity contribution < 1.29 is 9.84 Å². The van der Waals surface area contributed by atoms with E-state index in [2.05, 4.69) is 15.9 Å². The van der Waals surface area contributed by atoms with E-state index in [9.17, 15) is 5.11 Å². The molecule has 1 aliphatic heterocycles. The van der Waals surface area contributed by atoms with Crippen LogP contribution in [0.5, 0.6) is 0 Å². The summed E-state index contributed by atoms with van der Waals surface area (Å²) in [4.78, 5) is 0. The Labute approximate surface area is 85.7 Å². The van der Waals surface area contributed by atoms with Gasteiger partial charge in [-0.15, -0.1) is 0 Å². The Hall–Kier alpha value is -0.380. The Morgan fingerprint density at radius 2 is 2.23 bits per heavy atom. The summed E-state index contributed by atoms with van der Waals surface area (Å²) in [5.74, 6) is 0.137. The molecule has 0 radical (unpaired) electrons. The van der Waals surface area contributed by atoms with Gasteiger partial charge < -0.3 is 9.84 Å². The molecule has 1 aromatic carbocycles. The van der Waals surface area contributed by atoms with Crippen molar-refractivity contribution in [3.63, 3.8) is 0 Å². The number of halogens is 1. The average Bonchev–Trinajstić information content (AvgIpc) is 2.51. The molecule has 1 fully saturated rings. The third-order valence-corrected chi connectivity index (χ3v) is 2.82. The van der Waals surface area contributed by atoms with Crippen molar-refractivity contribution in [1.29, 1.82) is 0 Å². The summed E-state index contributed by atoms with van der Waals surface area (Å²) in [7, 11) is 0. The lowest BCUT2D eigenvalue weighted by Crippen LogP contribution is -2.15. The monoisotopic (exact) mass is 242 g/mol. The molecule has 1 aliphatic rings. The zero-order valence-corrected chi connectivity index (χ0v) is 8.70. The molecule has 1 N–H and O–H groups in total. The third-order valence-electron chi connectivity index (χ3n) is 2.33. The molecule has 13 heavy (non-hydrogen) atoms. The summed E-state index contributed by atoms with van der Waals surface area (Å²) >= 11 is 3.41. The summed E-state index contributed by atoms with van der Waals surface area (Å²) in [6.07, 6.45) is -0.353. The first kappa shape index (κ1) is 9.19. The van der Waals surface area contributed by atoms with E-state index >= 15 is 0 Å². The summed E-state index contributed by atoms with van der Waals surface area (Å²) in [5.41, 5.74) is 1.14. The van der Waals surface area contributed by atoms with Crippen molar-refractivity contribution in [3.8, 4) is 0 Å². The predicted molar refractivity (Wildman–Crippen MR) is 53.7 cm³/mol. The molecule has 2 rings (SSSR count). The highest BCUT2D eigenvalue weighted by Crippen LogP contribution is 2.27. The van der Waals surface area contributed by atoms with Crippen LogP contribution in [0.1, 0.15) is 11.5 Å². The summed E-state index contributed by atoms with van der Waals surface area (Å²) < 4.78 is 6.24. The summed E-state index contributed by atoms with van der Waals surface area (Å²) in [6.45, 7) is 1.08. The zero-order valence-electron chi connectivity index (χ0n) is 7.11. The van der Waals surface area contributed by atoms with Crippen LogP contribution in [-0.2, 0) is 4.74 Å². The van der Waals surface area contributed by atoms with E-state index in [-0.39, 0.29) is 12.0 Å². The molecule has 1 heterocycles. The molecule has 2 atom stereocenters. The van der Waals surface area contributed by atoms with E-state index in [1.807, 2.05) is 24.3 Å². The maximum Gasteiger partial charge on any atom is 0.0864 e. The van der Waals surface area contributed by atoms with Crippen molar-refractivity contribution in [2.75, 3.05) is 13.2 Å². The van der Waals surface area contributed by atoms with E-state index < -0.39 is 0 Å². The quantitative estimate of drug-likeness (QED) is 0.816. The van der Waals surface area contributed by atoms with Crippen LogP contribution in [0.4, 0.5) is 0 Å². The number of ether oxygens (including phenoxy) is 1. The van der Waals surface area contributed by atoms with Crippen LogP contribution < -0.4 is 0 Å². The molecule has 1 aromatic rings. The Morgan fingerprint density at radius 1 is 1.38 bits per heavy atom. The van der Waals surface area contributed by atoms with Gasteiger partial charge in [0, 0.05) is 10.4 Å². The van der Waals surface area contributed by atoms with Gasteiger partial charge in [0.05, 0.1) is 19.3 Å². The Bertz CT molecular complexity index is 301. The van der Waals surface area contributed by atoms with Gasteiger partial charge in [-0.1, -0.05) is 28.1 Å². The van der Waals surface area contributed by atoms with Gasteiger partial charge in [0.1, 0.15) is 0 Å². The molecule has 0 aromatic heterocycles. The second-order valence-corrected chi connectivity index (χ2v) is 4.18. The van der Waals surface area contributed by atoms with Crippen LogP contribution in [0.2, 0.25) is 0 Å². The maximum atomic E-state index is 9.59. The molecule has 0 unspecified atom stereocenters. The minimum Gasteiger partial charge on any atom is -0.390 e. The highest BCUT2D eigenvalue weighted by molar-refractivity contribution is 9.10. The molecule has 3 heteroatoms. The molecule has 0 amide bonds. The van der Waals surface area contributed by atoms with Crippen molar-refractivity contribution in [2.45, 2.75) is 12.0 Å². The van der Waals surface area contributed by atoms with Gasteiger partial charge in [0.25, 0.3) is 0 Å². The van der Waals surface area contributed by atoms with Crippen LogP contribution in [-0.4, -0.2) is 24.4 Å². The molecular formula is C10H11BrO2. The fourth-order valence-corrected chi connectivity index (χ4v) is 2.02. The fourth-order valence-electron chi connectivity index (χ4n) is 1.60. The lowest BCUT2D eigenvalue weighted by Gasteiger charge is -2.12. The van der Waals surface area contributed by atoms with E-state index in [4.69, 9.17) is 4.74 Å². The van der Waals surface area contributed by atoms with Gasteiger partial charge >= 0.3 is 0 Å². The molecule has 0 spiro atoms. The van der Waals surface area contributed by atoms with Gasteiger partial charge in [0.2, 0.25) is 0 Å². The molecule has 1 saturated heterocycles. The fraction of sp³-hybridized carbons (Fsp3) is 0.400. The molecule has 0 saturated carbocycles. The first-order valence-corrected chi connectivity index (χ1v) is 5.08. The topological polar surface area (TPSA) is 29.5 Å². The van der Waals surface area contributed by atoms with Crippen molar-refractivity contribution in [2.24, 2.45) is 0 Å². The number of rotatable bonds is 1. The van der Waals surface area contributed by atoms with Crippen molar-refractivity contribution in [1.82, 2.24) is 0 Å². The molecule has 70 valence electrons. The minimum atomic E-state index is -0.353. The highest BCUT2D eigenvalue weighted by atomic mass is 79.9. The Balaban J connectivity index is 2.24. The van der Waals surface area contributed by atoms with Gasteiger partial charge in [-0.25, -0.2) is 0 Å². The summed E-state index contributed by atoms with van der Waals surface area (Å²) in [6, 6.07) is 8.01. The average molecular weight is 243 g/mol. The highest BCUT2D eigenvalue weighted by Gasteiger charge is 2.27. The first-order chi connectivity index (χ1) is 6.27. The number of aliphatic hydroxyl groups is 1. The number of hydrogen-bond donors (Lipinski definition) is 1. The molecule has 0 bridgehead atoms. The van der Waals surface area contributed by atoms with Gasteiger partial charge in [0.15, 0.2) is 0 Å². The number of aliphatic hydroxyl groups excluding tert-OH is 1. The van der Waals surface area contributed by atoms with Crippen LogP contribution in [0.15, 0.2) is 28.7 Å². The normalized spacial score (nSPS) is 27.8. The lowest BCUT2D eigenvalue weighted by molar-refractivity contribution is 0.124. The van der Waals surface area contributed by atoms with E-state index in [0.29, 0.717) is 13.2 Å². The number of benzene rings is 1. The van der Waals surface area contributed by atoms with Crippen LogP contribution in [0.3, 0.4) is 0 Å². The van der Waals surface area contributed by atoms with E-state index in [1.54, 1.807) is 0 Å². The second kappa shape index (κ2) is 3.78. The van der Waals surface area contributed by atoms with Crippen LogP contribution in [0, 0.1) is 0 Å². The summed E-state index contributed by atoms with van der Waals surface area (Å²) in [5, 5.41) is 9.59. The van der Waals surface area contributed by atoms with Crippen LogP contribution in [0.25, 0.3) is 0 Å². The van der Waals surface area contributed by atoms with E-state index in [0.717, 1.165) is 10.0 Å². The number of hydrogen-bond acceptors (Lipinski definition) is 2. The van der Waals surface area contributed by atoms with Gasteiger partial charge in [-0.05, 0) is 17.7 Å². The Morgan fingerprint density at radius 3 is 2.85 bits per heavy atom. The predicted octanol–water partition coefficient (Wildman–Crippen LogP) is 1.92. The largest absolute Gasteiger partial charge is 0.390 e. The van der Waals surface area contributed by atoms with Crippen molar-refractivity contribution >= 4 is 15.9 Å². The first-order valence-electron chi connectivity index (χ1n) is 4.28. The minimum absolute atomic E-state index is 0.137. The molecule has 2 nitrogen and oxygen atoms in total. The van der Waals surface area contributed by atoms with Gasteiger partial charge in [-0.3, -0.25) is 0 Å². The van der Waals surface area contributed by atoms with Gasteiger partial charge in [-0.2, -0.15) is 0 Å². The smallest absolute Gasteiger partial charge is 0.0864 e.